The Hall–Kier alpha value is -1.48. The molecule has 0 aromatic carbocycles. The van der Waals surface area contributed by atoms with Gasteiger partial charge in [0, 0.05) is 0 Å². The first-order valence-corrected chi connectivity index (χ1v) is 5.14. The maximum absolute atomic E-state index is 12.5. The molecule has 0 saturated carbocycles. The minimum absolute atomic E-state index is 0.469. The first-order chi connectivity index (χ1) is 6.75. The van der Waals surface area contributed by atoms with Crippen molar-refractivity contribution in [1.82, 2.24) is 4.98 Å². The molecule has 0 aliphatic carbocycles. The Labute approximate surface area is 84.1 Å². The summed E-state index contributed by atoms with van der Waals surface area (Å²) in [7, 11) is -4.38. The first-order valence-electron chi connectivity index (χ1n) is 3.60. The van der Waals surface area contributed by atoms with Gasteiger partial charge < -0.3 is 11.5 Å². The SMILES string of the molecule is Nc1cnc(N)c(S(N)(=O)=O)c1C(F)F. The highest BCUT2D eigenvalue weighted by Gasteiger charge is 2.26. The lowest BCUT2D eigenvalue weighted by molar-refractivity contribution is 0.149. The summed E-state index contributed by atoms with van der Waals surface area (Å²) in [5.41, 5.74) is 8.94. The van der Waals surface area contributed by atoms with Gasteiger partial charge in [-0.15, -0.1) is 0 Å². The van der Waals surface area contributed by atoms with Gasteiger partial charge in [-0.2, -0.15) is 0 Å². The quantitative estimate of drug-likeness (QED) is 0.659. The van der Waals surface area contributed by atoms with Crippen LogP contribution in [-0.4, -0.2) is 13.4 Å². The van der Waals surface area contributed by atoms with Crippen LogP contribution in [0.15, 0.2) is 11.1 Å². The van der Waals surface area contributed by atoms with E-state index in [4.69, 9.17) is 16.6 Å². The topological polar surface area (TPSA) is 125 Å². The Kier molecular flexibility index (Phi) is 2.77. The Bertz CT molecular complexity index is 488. The number of nitrogens with zero attached hydrogens (tertiary/aromatic N) is 1. The van der Waals surface area contributed by atoms with E-state index in [9.17, 15) is 17.2 Å². The van der Waals surface area contributed by atoms with Crippen molar-refractivity contribution >= 4 is 21.5 Å². The second kappa shape index (κ2) is 3.59. The van der Waals surface area contributed by atoms with Crippen LogP contribution >= 0.6 is 0 Å². The minimum atomic E-state index is -4.38. The molecule has 0 saturated heterocycles. The molecule has 9 heteroatoms. The van der Waals surface area contributed by atoms with Crippen molar-refractivity contribution in [3.8, 4) is 0 Å². The zero-order chi connectivity index (χ0) is 11.8. The third-order valence-corrected chi connectivity index (χ3v) is 2.63. The van der Waals surface area contributed by atoms with Gasteiger partial charge in [0.05, 0.1) is 17.4 Å². The molecule has 1 rings (SSSR count). The van der Waals surface area contributed by atoms with Gasteiger partial charge in [0.2, 0.25) is 10.0 Å². The van der Waals surface area contributed by atoms with Crippen LogP contribution in [-0.2, 0) is 10.0 Å². The van der Waals surface area contributed by atoms with Crippen LogP contribution in [0.5, 0.6) is 0 Å². The van der Waals surface area contributed by atoms with Gasteiger partial charge >= 0.3 is 0 Å². The fourth-order valence-corrected chi connectivity index (χ4v) is 1.92. The number of anilines is 2. The number of primary sulfonamides is 1. The molecule has 0 unspecified atom stereocenters. The number of hydrogen-bond acceptors (Lipinski definition) is 5. The van der Waals surface area contributed by atoms with E-state index < -0.39 is 38.4 Å². The number of hydrogen-bond donors (Lipinski definition) is 3. The molecular formula is C6H8F2N4O2S. The summed E-state index contributed by atoms with van der Waals surface area (Å²) in [6.07, 6.45) is -2.24. The van der Waals surface area contributed by atoms with Crippen LogP contribution in [0, 0.1) is 0 Å². The third kappa shape index (κ3) is 2.13. The average Bonchev–Trinajstić information content (AvgIpc) is 2.05. The molecule has 0 spiro atoms. The van der Waals surface area contributed by atoms with E-state index in [1.807, 2.05) is 0 Å². The Morgan fingerprint density at radius 3 is 2.20 bits per heavy atom. The van der Waals surface area contributed by atoms with Gasteiger partial charge in [-0.1, -0.05) is 0 Å². The van der Waals surface area contributed by atoms with Gasteiger partial charge in [-0.25, -0.2) is 27.3 Å². The van der Waals surface area contributed by atoms with Gasteiger partial charge in [-0.3, -0.25) is 0 Å². The Morgan fingerprint density at radius 1 is 1.33 bits per heavy atom. The smallest absolute Gasteiger partial charge is 0.267 e. The van der Waals surface area contributed by atoms with Gasteiger partial charge in [0.15, 0.2) is 0 Å². The lowest BCUT2D eigenvalue weighted by Gasteiger charge is -2.11. The van der Waals surface area contributed by atoms with E-state index >= 15 is 0 Å². The lowest BCUT2D eigenvalue weighted by atomic mass is 10.2. The molecule has 0 aliphatic rings. The molecule has 6 N–H and O–H groups in total. The molecule has 0 fully saturated rings. The van der Waals surface area contributed by atoms with E-state index in [2.05, 4.69) is 4.98 Å². The van der Waals surface area contributed by atoms with Crippen LogP contribution in [0.4, 0.5) is 20.3 Å². The number of sulfonamides is 1. The third-order valence-electron chi connectivity index (χ3n) is 1.63. The molecule has 0 aliphatic heterocycles. The maximum atomic E-state index is 12.5. The molecule has 0 radical (unpaired) electrons. The molecule has 1 aromatic heterocycles. The summed E-state index contributed by atoms with van der Waals surface area (Å²) in [4.78, 5) is 2.43. The van der Waals surface area contributed by atoms with Gasteiger partial charge in [0.25, 0.3) is 6.43 Å². The number of nitrogen functional groups attached to an aromatic ring is 2. The average molecular weight is 238 g/mol. The van der Waals surface area contributed by atoms with Crippen molar-refractivity contribution in [1.29, 1.82) is 0 Å². The van der Waals surface area contributed by atoms with Crippen LogP contribution in [0.3, 0.4) is 0 Å². The van der Waals surface area contributed by atoms with E-state index in [0.717, 1.165) is 6.20 Å². The summed E-state index contributed by atoms with van der Waals surface area (Å²) in [6, 6.07) is 0. The summed E-state index contributed by atoms with van der Waals surface area (Å²) < 4.78 is 47.0. The lowest BCUT2D eigenvalue weighted by Crippen LogP contribution is -2.19. The molecule has 6 nitrogen and oxygen atoms in total. The van der Waals surface area contributed by atoms with Crippen molar-refractivity contribution in [3.63, 3.8) is 0 Å². The second-order valence-corrected chi connectivity index (χ2v) is 4.19. The van der Waals surface area contributed by atoms with Crippen molar-refractivity contribution in [2.75, 3.05) is 11.5 Å². The van der Waals surface area contributed by atoms with E-state index in [0.29, 0.717) is 0 Å². The molecule has 0 atom stereocenters. The van der Waals surface area contributed by atoms with Crippen LogP contribution < -0.4 is 16.6 Å². The Morgan fingerprint density at radius 2 is 1.87 bits per heavy atom. The fraction of sp³-hybridized carbons (Fsp3) is 0.167. The number of aromatic nitrogens is 1. The summed E-state index contributed by atoms with van der Waals surface area (Å²) in [5.74, 6) is -0.595. The monoisotopic (exact) mass is 238 g/mol. The van der Waals surface area contributed by atoms with E-state index in [1.54, 1.807) is 0 Å². The number of rotatable bonds is 2. The van der Waals surface area contributed by atoms with Crippen LogP contribution in [0.1, 0.15) is 12.0 Å². The second-order valence-electron chi connectivity index (χ2n) is 2.69. The first kappa shape index (κ1) is 11.6. The van der Waals surface area contributed by atoms with Crippen molar-refractivity contribution in [2.24, 2.45) is 5.14 Å². The number of alkyl halides is 2. The largest absolute Gasteiger partial charge is 0.397 e. The molecule has 0 amide bonds. The molecule has 15 heavy (non-hydrogen) atoms. The number of halogens is 2. The highest BCUT2D eigenvalue weighted by Crippen LogP contribution is 2.33. The number of pyridine rings is 1. The molecule has 0 bridgehead atoms. The predicted molar refractivity (Wildman–Crippen MR) is 49.4 cm³/mol. The molecule has 84 valence electrons. The molecule has 1 heterocycles. The van der Waals surface area contributed by atoms with Gasteiger partial charge in [-0.05, 0) is 0 Å². The zero-order valence-electron chi connectivity index (χ0n) is 7.31. The summed E-state index contributed by atoms with van der Waals surface area (Å²) in [5, 5.41) is 4.73. The maximum Gasteiger partial charge on any atom is 0.267 e. The summed E-state index contributed by atoms with van der Waals surface area (Å²) in [6.45, 7) is 0. The standard InChI is InChI=1S/C6H8F2N4O2S/c7-5(8)3-2(9)1-12-6(10)4(3)15(11,13)14/h1,5H,9H2,(H2,10,12)(H2,11,13,14). The fourth-order valence-electron chi connectivity index (χ4n) is 1.06. The van der Waals surface area contributed by atoms with E-state index in [-0.39, 0.29) is 0 Å². The minimum Gasteiger partial charge on any atom is -0.397 e. The molecular weight excluding hydrogens is 230 g/mol. The van der Waals surface area contributed by atoms with Crippen LogP contribution in [0.25, 0.3) is 0 Å². The van der Waals surface area contributed by atoms with Crippen molar-refractivity contribution < 1.29 is 17.2 Å². The number of nitrogens with two attached hydrogens (primary N) is 3. The van der Waals surface area contributed by atoms with Crippen molar-refractivity contribution in [2.45, 2.75) is 11.3 Å². The van der Waals surface area contributed by atoms with Crippen molar-refractivity contribution in [3.05, 3.63) is 11.8 Å². The zero-order valence-corrected chi connectivity index (χ0v) is 8.13. The normalized spacial score (nSPS) is 12.0. The highest BCUT2D eigenvalue weighted by atomic mass is 32.2. The summed E-state index contributed by atoms with van der Waals surface area (Å²) >= 11 is 0. The van der Waals surface area contributed by atoms with Gasteiger partial charge in [0.1, 0.15) is 10.7 Å². The van der Waals surface area contributed by atoms with E-state index in [1.165, 1.54) is 0 Å². The highest BCUT2D eigenvalue weighted by molar-refractivity contribution is 7.89. The Balaban J connectivity index is 3.68. The predicted octanol–water partition coefficient (Wildman–Crippen LogP) is -0.169. The molecule has 1 aromatic rings. The van der Waals surface area contributed by atoms with Crippen LogP contribution in [0.2, 0.25) is 0 Å².